The first-order chi connectivity index (χ1) is 9.28. The highest BCUT2D eigenvalue weighted by atomic mass is 32.1. The van der Waals surface area contributed by atoms with Gasteiger partial charge in [-0.05, 0) is 44.6 Å². The van der Waals surface area contributed by atoms with Crippen molar-refractivity contribution in [1.29, 1.82) is 0 Å². The monoisotopic (exact) mass is 278 g/mol. The Kier molecular flexibility index (Phi) is 4.23. The first-order valence-electron chi connectivity index (χ1n) is 8.00. The van der Waals surface area contributed by atoms with Crippen LogP contribution in [0.1, 0.15) is 79.9 Å². The van der Waals surface area contributed by atoms with Gasteiger partial charge in [0.2, 0.25) is 0 Å². The van der Waals surface area contributed by atoms with Crippen molar-refractivity contribution in [2.24, 2.45) is 5.92 Å². The van der Waals surface area contributed by atoms with Crippen LogP contribution < -0.4 is 5.32 Å². The fourth-order valence-electron chi connectivity index (χ4n) is 3.56. The predicted octanol–water partition coefficient (Wildman–Crippen LogP) is 4.42. The van der Waals surface area contributed by atoms with Gasteiger partial charge in [-0.2, -0.15) is 0 Å². The van der Waals surface area contributed by atoms with Gasteiger partial charge in [0.1, 0.15) is 0 Å². The van der Waals surface area contributed by atoms with Crippen LogP contribution in [0, 0.1) is 5.92 Å². The lowest BCUT2D eigenvalue weighted by atomic mass is 9.83. The molecule has 106 valence electrons. The summed E-state index contributed by atoms with van der Waals surface area (Å²) in [5.41, 5.74) is 1.41. The van der Waals surface area contributed by atoms with Crippen LogP contribution in [-0.2, 0) is 6.42 Å². The van der Waals surface area contributed by atoms with Crippen LogP contribution in [0.2, 0.25) is 0 Å². The van der Waals surface area contributed by atoms with Gasteiger partial charge in [0.25, 0.3) is 0 Å². The van der Waals surface area contributed by atoms with Crippen molar-refractivity contribution < 1.29 is 0 Å². The highest BCUT2D eigenvalue weighted by Crippen LogP contribution is 2.41. The Bertz CT molecular complexity index is 418. The third-order valence-corrected chi connectivity index (χ3v) is 6.16. The molecule has 1 saturated carbocycles. The second-order valence-electron chi connectivity index (χ2n) is 6.32. The Morgan fingerprint density at radius 2 is 2.00 bits per heavy atom. The average molecular weight is 278 g/mol. The minimum absolute atomic E-state index is 0.586. The molecule has 1 fully saturated rings. The SMILES string of the molecule is CCNC1CCCc2nc(C3CCC(C)CC3)sc21. The maximum atomic E-state index is 5.01. The topological polar surface area (TPSA) is 24.9 Å². The molecule has 1 aromatic heterocycles. The molecule has 0 aromatic carbocycles. The Labute approximate surface area is 121 Å². The lowest BCUT2D eigenvalue weighted by molar-refractivity contribution is 0.347. The number of hydrogen-bond donors (Lipinski definition) is 1. The van der Waals surface area contributed by atoms with Gasteiger partial charge in [-0.25, -0.2) is 4.98 Å². The second-order valence-corrected chi connectivity index (χ2v) is 7.38. The predicted molar refractivity (Wildman–Crippen MR) is 81.8 cm³/mol. The lowest BCUT2D eigenvalue weighted by Gasteiger charge is -2.24. The standard InChI is InChI=1S/C16H26N2S/c1-3-17-13-5-4-6-14-15(13)19-16(18-14)12-9-7-11(2)8-10-12/h11-13,17H,3-10H2,1-2H3. The van der Waals surface area contributed by atoms with Crippen molar-refractivity contribution >= 4 is 11.3 Å². The summed E-state index contributed by atoms with van der Waals surface area (Å²) in [6.45, 7) is 5.67. The van der Waals surface area contributed by atoms with Gasteiger partial charge in [-0.3, -0.25) is 0 Å². The smallest absolute Gasteiger partial charge is 0.0962 e. The van der Waals surface area contributed by atoms with E-state index in [9.17, 15) is 0 Å². The number of nitrogens with zero attached hydrogens (tertiary/aromatic N) is 1. The molecule has 2 aliphatic carbocycles. The Morgan fingerprint density at radius 1 is 1.21 bits per heavy atom. The molecule has 1 N–H and O–H groups in total. The zero-order chi connectivity index (χ0) is 13.2. The summed E-state index contributed by atoms with van der Waals surface area (Å²) in [5, 5.41) is 5.08. The van der Waals surface area contributed by atoms with E-state index in [4.69, 9.17) is 4.98 Å². The minimum atomic E-state index is 0.586. The number of hydrogen-bond acceptors (Lipinski definition) is 3. The lowest BCUT2D eigenvalue weighted by Crippen LogP contribution is -2.23. The summed E-state index contributed by atoms with van der Waals surface area (Å²) in [5.74, 6) is 1.69. The molecule has 0 saturated heterocycles. The van der Waals surface area contributed by atoms with Gasteiger partial charge < -0.3 is 5.32 Å². The highest BCUT2D eigenvalue weighted by Gasteiger charge is 2.28. The van der Waals surface area contributed by atoms with E-state index in [-0.39, 0.29) is 0 Å². The molecule has 19 heavy (non-hydrogen) atoms. The van der Waals surface area contributed by atoms with E-state index in [0.717, 1.165) is 18.4 Å². The third kappa shape index (κ3) is 2.87. The molecule has 1 unspecified atom stereocenters. The van der Waals surface area contributed by atoms with Crippen LogP contribution in [-0.4, -0.2) is 11.5 Å². The minimum Gasteiger partial charge on any atom is -0.309 e. The van der Waals surface area contributed by atoms with Crippen LogP contribution in [0.3, 0.4) is 0 Å². The maximum absolute atomic E-state index is 5.01. The van der Waals surface area contributed by atoms with Crippen LogP contribution in [0.25, 0.3) is 0 Å². The Balaban J connectivity index is 1.77. The van der Waals surface area contributed by atoms with E-state index in [1.165, 1.54) is 55.6 Å². The summed E-state index contributed by atoms with van der Waals surface area (Å²) in [6.07, 6.45) is 9.31. The van der Waals surface area contributed by atoms with Crippen molar-refractivity contribution in [3.05, 3.63) is 15.6 Å². The van der Waals surface area contributed by atoms with Gasteiger partial charge in [-0.15, -0.1) is 11.3 Å². The normalized spacial score (nSPS) is 31.2. The van der Waals surface area contributed by atoms with Crippen LogP contribution >= 0.6 is 11.3 Å². The van der Waals surface area contributed by atoms with E-state index in [1.807, 2.05) is 11.3 Å². The van der Waals surface area contributed by atoms with Gasteiger partial charge >= 0.3 is 0 Å². The second kappa shape index (κ2) is 5.92. The molecule has 3 heteroatoms. The molecule has 0 aliphatic heterocycles. The molecule has 0 bridgehead atoms. The molecular formula is C16H26N2S. The maximum Gasteiger partial charge on any atom is 0.0962 e. The van der Waals surface area contributed by atoms with Gasteiger partial charge in [0, 0.05) is 16.8 Å². The first kappa shape index (κ1) is 13.6. The Hall–Kier alpha value is -0.410. The fraction of sp³-hybridized carbons (Fsp3) is 0.812. The molecule has 2 aliphatic rings. The number of nitrogens with one attached hydrogen (secondary N) is 1. The van der Waals surface area contributed by atoms with Gasteiger partial charge in [0.05, 0.1) is 10.7 Å². The number of aromatic nitrogens is 1. The van der Waals surface area contributed by atoms with Crippen LogP contribution in [0.5, 0.6) is 0 Å². The van der Waals surface area contributed by atoms with E-state index in [0.29, 0.717) is 6.04 Å². The van der Waals surface area contributed by atoms with Crippen molar-refractivity contribution in [2.45, 2.75) is 70.8 Å². The molecular weight excluding hydrogens is 252 g/mol. The van der Waals surface area contributed by atoms with E-state index in [2.05, 4.69) is 19.2 Å². The molecule has 1 aromatic rings. The summed E-state index contributed by atoms with van der Waals surface area (Å²) in [7, 11) is 0. The number of aryl methyl sites for hydroxylation is 1. The van der Waals surface area contributed by atoms with Crippen LogP contribution in [0.4, 0.5) is 0 Å². The van der Waals surface area contributed by atoms with Crippen LogP contribution in [0.15, 0.2) is 0 Å². The number of thiazole rings is 1. The zero-order valence-electron chi connectivity index (χ0n) is 12.2. The molecule has 0 amide bonds. The summed E-state index contributed by atoms with van der Waals surface area (Å²) in [4.78, 5) is 6.57. The Morgan fingerprint density at radius 3 is 2.74 bits per heavy atom. The highest BCUT2D eigenvalue weighted by molar-refractivity contribution is 7.12. The molecule has 0 radical (unpaired) electrons. The van der Waals surface area contributed by atoms with Crippen molar-refractivity contribution in [3.63, 3.8) is 0 Å². The summed E-state index contributed by atoms with van der Waals surface area (Å²) in [6, 6.07) is 0.586. The van der Waals surface area contributed by atoms with Crippen molar-refractivity contribution in [2.75, 3.05) is 6.54 Å². The summed E-state index contributed by atoms with van der Waals surface area (Å²) >= 11 is 2.02. The van der Waals surface area contributed by atoms with E-state index in [1.54, 1.807) is 4.88 Å². The van der Waals surface area contributed by atoms with Crippen molar-refractivity contribution in [3.8, 4) is 0 Å². The fourth-order valence-corrected chi connectivity index (χ4v) is 4.95. The van der Waals surface area contributed by atoms with Gasteiger partial charge in [-0.1, -0.05) is 26.7 Å². The molecule has 2 nitrogen and oxygen atoms in total. The van der Waals surface area contributed by atoms with E-state index < -0.39 is 0 Å². The quantitative estimate of drug-likeness (QED) is 0.885. The molecule has 0 spiro atoms. The average Bonchev–Trinajstić information content (AvgIpc) is 2.85. The first-order valence-corrected chi connectivity index (χ1v) is 8.82. The van der Waals surface area contributed by atoms with Crippen molar-refractivity contribution in [1.82, 2.24) is 10.3 Å². The number of rotatable bonds is 3. The molecule has 1 atom stereocenters. The third-order valence-electron chi connectivity index (χ3n) is 4.78. The molecule has 1 heterocycles. The summed E-state index contributed by atoms with van der Waals surface area (Å²) < 4.78 is 0. The molecule has 3 rings (SSSR count). The number of fused-ring (bicyclic) bond motifs is 1. The van der Waals surface area contributed by atoms with Gasteiger partial charge in [0.15, 0.2) is 0 Å². The van der Waals surface area contributed by atoms with E-state index >= 15 is 0 Å². The zero-order valence-corrected chi connectivity index (χ0v) is 13.1. The largest absolute Gasteiger partial charge is 0.309 e.